The second-order valence-corrected chi connectivity index (χ2v) is 23.1. The minimum atomic E-state index is -1.38. The minimum Gasteiger partial charge on any atom is -0.549 e. The van der Waals surface area contributed by atoms with Gasteiger partial charge in [-0.25, -0.2) is 0 Å². The quantitative estimate of drug-likeness (QED) is 0.0583. The first kappa shape index (κ1) is 67.8. The number of carbonyl (C=O) groups excluding carboxylic acids is 4. The summed E-state index contributed by atoms with van der Waals surface area (Å²) in [5.74, 6) is -6.12. The molecule has 1 aliphatic rings. The molecule has 0 aromatic heterocycles. The van der Waals surface area contributed by atoms with Crippen LogP contribution in [0.25, 0.3) is 0 Å². The summed E-state index contributed by atoms with van der Waals surface area (Å²) in [5.41, 5.74) is -0.133. The summed E-state index contributed by atoms with van der Waals surface area (Å²) in [6.07, 6.45) is -3.78. The van der Waals surface area contributed by atoms with E-state index in [-0.39, 0.29) is 183 Å². The van der Waals surface area contributed by atoms with E-state index in [1.165, 1.54) is 0 Å². The number of hydrogen-bond acceptors (Lipinski definition) is 21. The number of phenolic OH excluding ortho intramolecular Hbond substituents is 6. The number of carboxylic acid groups (broad SMARTS) is 1. The molecule has 1 fully saturated rings. The average molecular weight is 1880 g/mol. The van der Waals surface area contributed by atoms with Gasteiger partial charge in [0.15, 0.2) is 0 Å². The van der Waals surface area contributed by atoms with E-state index in [1.807, 2.05) is 14.7 Å². The first-order valence-corrected chi connectivity index (χ1v) is 28.4. The molecule has 3 unspecified atom stereocenters. The summed E-state index contributed by atoms with van der Waals surface area (Å²) in [6, 6.07) is 0. The molecule has 3 aromatic carbocycles. The van der Waals surface area contributed by atoms with Crippen LogP contribution in [0.5, 0.6) is 34.5 Å². The Hall–Kier alpha value is -0.446. The Balaban J connectivity index is 0.0000144. The largest absolute Gasteiger partial charge is 0.549 e. The predicted octanol–water partition coefficient (Wildman–Crippen LogP) is -1.33. The molecule has 1 heterocycles. The molecule has 1 aliphatic heterocycles. The zero-order valence-electron chi connectivity index (χ0n) is 38.7. The second kappa shape index (κ2) is 32.1. The number of hydrogen-bond donors (Lipinski definition) is 15. The summed E-state index contributed by atoms with van der Waals surface area (Å²) in [6.45, 7) is -2.79. The van der Waals surface area contributed by atoms with E-state index in [2.05, 4.69) is 16.0 Å². The number of carbonyl (C=O) groups is 4. The number of aliphatic hydroxyl groups is 6. The van der Waals surface area contributed by atoms with Crippen molar-refractivity contribution in [2.24, 2.45) is 0 Å². The number of nitrogens with zero attached hydrogens (tertiary/aromatic N) is 4. The summed E-state index contributed by atoms with van der Waals surface area (Å²) >= 11 is 10.6. The van der Waals surface area contributed by atoms with Gasteiger partial charge in [0, 0.05) is 135 Å². The van der Waals surface area contributed by atoms with Crippen LogP contribution in [0.4, 0.5) is 0 Å². The van der Waals surface area contributed by atoms with Crippen LogP contribution < -0.4 is 21.1 Å². The molecule has 0 aliphatic carbocycles. The van der Waals surface area contributed by atoms with Gasteiger partial charge in [0.1, 0.15) is 34.5 Å². The number of nitrogens with one attached hydrogen (secondary N) is 3. The van der Waals surface area contributed by atoms with E-state index >= 15 is 0 Å². The van der Waals surface area contributed by atoms with Crippen LogP contribution in [-0.4, -0.2) is 221 Å². The van der Waals surface area contributed by atoms with E-state index < -0.39 is 103 Å². The van der Waals surface area contributed by atoms with Crippen molar-refractivity contribution in [1.29, 1.82) is 0 Å². The molecule has 1 saturated heterocycles. The molecule has 0 saturated carbocycles. The van der Waals surface area contributed by atoms with Crippen LogP contribution in [0.1, 0.15) is 47.8 Å². The van der Waals surface area contributed by atoms with Crippen LogP contribution in [0.2, 0.25) is 0 Å². The van der Waals surface area contributed by atoms with Gasteiger partial charge in [-0.15, -0.1) is 0 Å². The van der Waals surface area contributed by atoms with Crippen molar-refractivity contribution in [3.63, 3.8) is 0 Å². The summed E-state index contributed by atoms with van der Waals surface area (Å²) in [4.78, 5) is 58.8. The van der Waals surface area contributed by atoms with Crippen molar-refractivity contribution in [1.82, 2.24) is 35.6 Å². The predicted molar refractivity (Wildman–Crippen MR) is 309 cm³/mol. The van der Waals surface area contributed by atoms with Crippen molar-refractivity contribution in [3.8, 4) is 34.5 Å². The molecular weight excluding hydrogens is 1820 g/mol. The van der Waals surface area contributed by atoms with Gasteiger partial charge in [-0.05, 0) is 136 Å². The molecule has 4 rings (SSSR count). The third kappa shape index (κ3) is 18.0. The van der Waals surface area contributed by atoms with Crippen molar-refractivity contribution < 1.29 is 122 Å². The maximum atomic E-state index is 13.3. The summed E-state index contributed by atoms with van der Waals surface area (Å²) in [5, 5.41) is 146. The third-order valence-electron chi connectivity index (χ3n) is 11.5. The van der Waals surface area contributed by atoms with Gasteiger partial charge in [0.2, 0.25) is 0 Å². The number of phenols is 6. The third-order valence-corrected chi connectivity index (χ3v) is 17.8. The van der Waals surface area contributed by atoms with Gasteiger partial charge in [-0.2, -0.15) is 0 Å². The van der Waals surface area contributed by atoms with E-state index in [4.69, 9.17) is 0 Å². The Morgan fingerprint density at radius 2 is 0.635 bits per heavy atom. The number of aliphatic hydroxyl groups excluding tert-OH is 6. The van der Waals surface area contributed by atoms with E-state index in [9.17, 15) is 85.6 Å². The zero-order chi connectivity index (χ0) is 54.6. The number of carboxylic acids is 1. The number of aliphatic carboxylic acids is 1. The first-order chi connectivity index (χ1) is 34.4. The van der Waals surface area contributed by atoms with E-state index in [0.29, 0.717) is 0 Å². The maximum absolute atomic E-state index is 13.3. The molecule has 1 radical (unpaired) electrons. The SMILES string of the molecule is O=C([O-])CN1CCN(Cc2c(O)c(I)c(C(=O)NCC(O)CO)c(I)c2O)CCN(Cc2c(O)c(I)c(C(=O)NCC(O)CO)c(I)c2O)CCN(Cc2c(O)c(I)c(C(=O)NCC(O)CO)c(I)c2O)CC1.[Lu]. The molecule has 3 atom stereocenters. The fourth-order valence-corrected chi connectivity index (χ4v) is 13.9. The average Bonchev–Trinajstić information content (AvgIpc) is 3.35. The van der Waals surface area contributed by atoms with Crippen LogP contribution in [0.15, 0.2) is 0 Å². The van der Waals surface area contributed by atoms with Gasteiger partial charge in [0.25, 0.3) is 17.7 Å². The van der Waals surface area contributed by atoms with Gasteiger partial charge >= 0.3 is 0 Å². The van der Waals surface area contributed by atoms with Gasteiger partial charge < -0.3 is 87.1 Å². The Morgan fingerprint density at radius 3 is 0.824 bits per heavy atom. The molecule has 0 bridgehead atoms. The fourth-order valence-electron chi connectivity index (χ4n) is 7.33. The number of halogens is 6. The van der Waals surface area contributed by atoms with Crippen LogP contribution in [-0.2, 0) is 24.4 Å². The number of rotatable bonds is 20. The number of aromatic hydroxyl groups is 6. The zero-order valence-corrected chi connectivity index (χ0v) is 53.3. The topological polar surface area (TPSA) is 383 Å². The molecular formula is C43H54I6LuN7O17-. The molecule has 3 aromatic rings. The molecule has 3 amide bonds. The van der Waals surface area contributed by atoms with Crippen molar-refractivity contribution in [3.05, 3.63) is 54.8 Å². The Morgan fingerprint density at radius 1 is 0.432 bits per heavy atom. The standard InChI is InChI=1S/C43H55I6N7O17.Lu/c44-29-26(41(71)50-9-19(60)16-57)30(45)36(66)22(35(29)65)12-53-1-3-54(13-23-37(67)31(46)27(32(47)38(23)68)42(72)51-10-20(61)17-58)5-7-56(15-25(63)64)8-6-55(4-2-53)14-24-39(69)33(48)28(34(49)40(24)70)43(73)52-11-21(62)18-59;/h19-21,57-62,65-70H,1-18H2,(H,50,71)(H,51,72)(H,52,73)(H,63,64);/p-1. The summed E-state index contributed by atoms with van der Waals surface area (Å²) in [7, 11) is 0. The van der Waals surface area contributed by atoms with E-state index in [1.54, 1.807) is 140 Å². The Kier molecular flexibility index (Phi) is 29.4. The van der Waals surface area contributed by atoms with Crippen LogP contribution in [0.3, 0.4) is 0 Å². The molecule has 74 heavy (non-hydrogen) atoms. The van der Waals surface area contributed by atoms with E-state index in [0.717, 1.165) is 0 Å². The van der Waals surface area contributed by atoms with Crippen molar-refractivity contribution >= 4 is 159 Å². The molecule has 0 spiro atoms. The second-order valence-electron chi connectivity index (χ2n) is 16.7. The van der Waals surface area contributed by atoms with Crippen molar-refractivity contribution in [2.75, 3.05) is 98.4 Å². The summed E-state index contributed by atoms with van der Waals surface area (Å²) < 4.78 is 0.461. The molecule has 15 N–H and O–H groups in total. The Labute approximate surface area is 535 Å². The normalized spacial score (nSPS) is 15.8. The maximum Gasteiger partial charge on any atom is 0.253 e. The number of amides is 3. The Bertz CT molecular complexity index is 2310. The number of benzene rings is 3. The monoisotopic (exact) mass is 1880 g/mol. The van der Waals surface area contributed by atoms with Crippen molar-refractivity contribution in [2.45, 2.75) is 37.9 Å². The van der Waals surface area contributed by atoms with Gasteiger partial charge in [-0.1, -0.05) is 0 Å². The smallest absolute Gasteiger partial charge is 0.253 e. The minimum absolute atomic E-state index is 0. The molecule has 24 nitrogen and oxygen atoms in total. The van der Waals surface area contributed by atoms with Gasteiger partial charge in [0.05, 0.1) is 98.9 Å². The molecule has 421 valence electrons. The first-order valence-electron chi connectivity index (χ1n) is 21.9. The van der Waals surface area contributed by atoms with Crippen LogP contribution in [0, 0.1) is 58.3 Å². The fraction of sp³-hybridized carbons (Fsp3) is 0.488. The molecule has 31 heteroatoms. The van der Waals surface area contributed by atoms with Crippen LogP contribution >= 0.6 is 136 Å². The van der Waals surface area contributed by atoms with Gasteiger partial charge in [-0.3, -0.25) is 34.0 Å².